The molecule has 2 saturated heterocycles. The van der Waals surface area contributed by atoms with Crippen LogP contribution in [0.15, 0.2) is 52.3 Å². The molecule has 0 aliphatic carbocycles. The van der Waals surface area contributed by atoms with Gasteiger partial charge in [0.25, 0.3) is 11.5 Å². The highest BCUT2D eigenvalue weighted by Gasteiger charge is 2.34. The normalized spacial score (nSPS) is 20.2. The number of thiocarbonyl (C=S) groups is 1. The van der Waals surface area contributed by atoms with Crippen LogP contribution in [0.2, 0.25) is 0 Å². The summed E-state index contributed by atoms with van der Waals surface area (Å²) in [6.07, 6.45) is 4.87. The number of hydrogen-bond acceptors (Lipinski definition) is 9. The smallest absolute Gasteiger partial charge is 0.267 e. The molecular formula is C25H22N4O5S2. The highest BCUT2D eigenvalue weighted by atomic mass is 32.2. The fraction of sp³-hybridized carbons (Fsp3) is 0.280. The summed E-state index contributed by atoms with van der Waals surface area (Å²) < 4.78 is 18.6. The Hall–Kier alpha value is -3.41. The average molecular weight is 523 g/mol. The SMILES string of the molecule is CN(c1nc2ccccn2c(=O)c1C=C1SC(=S)N(Cc2ccc3c(c2)OCO3)C1=O)C1CCCO1. The minimum atomic E-state index is -0.263. The van der Waals surface area contributed by atoms with Gasteiger partial charge in [0.1, 0.15) is 22.0 Å². The summed E-state index contributed by atoms with van der Waals surface area (Å²) in [5.41, 5.74) is 1.44. The van der Waals surface area contributed by atoms with Gasteiger partial charge in [0, 0.05) is 19.9 Å². The molecule has 11 heteroatoms. The second-order valence-corrected chi connectivity index (χ2v) is 10.3. The fourth-order valence-electron chi connectivity index (χ4n) is 4.48. The van der Waals surface area contributed by atoms with Crippen molar-refractivity contribution >= 4 is 51.7 Å². The van der Waals surface area contributed by atoms with Crippen LogP contribution in [0.3, 0.4) is 0 Å². The maximum atomic E-state index is 13.5. The van der Waals surface area contributed by atoms with E-state index in [-0.39, 0.29) is 31.0 Å². The van der Waals surface area contributed by atoms with Crippen LogP contribution in [0.5, 0.6) is 11.5 Å². The van der Waals surface area contributed by atoms with Crippen LogP contribution in [-0.2, 0) is 16.1 Å². The third-order valence-electron chi connectivity index (χ3n) is 6.35. The molecule has 3 aliphatic rings. The summed E-state index contributed by atoms with van der Waals surface area (Å²) in [7, 11) is 1.86. The second-order valence-electron chi connectivity index (χ2n) is 8.62. The van der Waals surface area contributed by atoms with Crippen molar-refractivity contribution in [1.82, 2.24) is 14.3 Å². The molecule has 184 valence electrons. The summed E-state index contributed by atoms with van der Waals surface area (Å²) in [6, 6.07) is 10.9. The Balaban J connectivity index is 1.36. The molecule has 1 aromatic carbocycles. The zero-order valence-electron chi connectivity index (χ0n) is 19.4. The van der Waals surface area contributed by atoms with E-state index in [9.17, 15) is 9.59 Å². The molecule has 0 spiro atoms. The third-order valence-corrected chi connectivity index (χ3v) is 7.73. The van der Waals surface area contributed by atoms with Crippen molar-refractivity contribution in [2.45, 2.75) is 25.6 Å². The quantitative estimate of drug-likeness (QED) is 0.370. The molecule has 1 amide bonds. The first-order valence-corrected chi connectivity index (χ1v) is 12.7. The number of amides is 1. The van der Waals surface area contributed by atoms with Gasteiger partial charge in [-0.1, -0.05) is 36.1 Å². The van der Waals surface area contributed by atoms with E-state index in [2.05, 4.69) is 0 Å². The summed E-state index contributed by atoms with van der Waals surface area (Å²) in [4.78, 5) is 35.5. The minimum Gasteiger partial charge on any atom is -0.454 e. The van der Waals surface area contributed by atoms with Crippen LogP contribution in [0.4, 0.5) is 5.82 Å². The van der Waals surface area contributed by atoms with Gasteiger partial charge in [-0.2, -0.15) is 0 Å². The lowest BCUT2D eigenvalue weighted by atomic mass is 10.2. The van der Waals surface area contributed by atoms with Crippen LogP contribution < -0.4 is 19.9 Å². The van der Waals surface area contributed by atoms with Gasteiger partial charge in [-0.05, 0) is 48.7 Å². The van der Waals surface area contributed by atoms with E-state index >= 15 is 0 Å². The standard InChI is InChI=1S/C25H22N4O5S2/c1-27(21-6-4-10-32-21)22-16(23(30)28-9-3-2-5-20(28)26-22)12-19-24(31)29(25(35)36-19)13-15-7-8-17-18(11-15)34-14-33-17/h2-3,5,7-9,11-12,21H,4,6,10,13-14H2,1H3. The molecule has 2 fully saturated rings. The van der Waals surface area contributed by atoms with E-state index in [1.165, 1.54) is 21.1 Å². The molecule has 1 unspecified atom stereocenters. The summed E-state index contributed by atoms with van der Waals surface area (Å²) in [5, 5.41) is 0. The molecule has 5 heterocycles. The number of carbonyl (C=O) groups excluding carboxylic acids is 1. The number of hydrogen-bond donors (Lipinski definition) is 0. The topological polar surface area (TPSA) is 85.6 Å². The number of pyridine rings is 1. The summed E-state index contributed by atoms with van der Waals surface area (Å²) in [5.74, 6) is 1.53. The van der Waals surface area contributed by atoms with Gasteiger partial charge in [-0.15, -0.1) is 0 Å². The monoisotopic (exact) mass is 522 g/mol. The van der Waals surface area contributed by atoms with Crippen molar-refractivity contribution in [3.63, 3.8) is 0 Å². The number of rotatable bonds is 5. The second kappa shape index (κ2) is 9.23. The first-order valence-electron chi connectivity index (χ1n) is 11.5. The van der Waals surface area contributed by atoms with Crippen molar-refractivity contribution in [2.75, 3.05) is 25.3 Å². The first kappa shape index (κ1) is 23.0. The lowest BCUT2D eigenvalue weighted by molar-refractivity contribution is -0.122. The summed E-state index contributed by atoms with van der Waals surface area (Å²) >= 11 is 6.71. The number of nitrogens with zero attached hydrogens (tertiary/aromatic N) is 4. The number of anilines is 1. The van der Waals surface area contributed by atoms with Gasteiger partial charge < -0.3 is 19.1 Å². The molecule has 9 nitrogen and oxygen atoms in total. The Labute approximate surface area is 216 Å². The Kier molecular flexibility index (Phi) is 5.90. The predicted octanol–water partition coefficient (Wildman–Crippen LogP) is 3.40. The largest absolute Gasteiger partial charge is 0.454 e. The maximum Gasteiger partial charge on any atom is 0.267 e. The number of carbonyl (C=O) groups is 1. The van der Waals surface area contributed by atoms with Crippen molar-refractivity contribution < 1.29 is 19.0 Å². The van der Waals surface area contributed by atoms with E-state index in [4.69, 9.17) is 31.4 Å². The number of ether oxygens (including phenoxy) is 3. The van der Waals surface area contributed by atoms with Crippen LogP contribution in [0.25, 0.3) is 11.7 Å². The molecule has 0 bridgehead atoms. The lowest BCUT2D eigenvalue weighted by Gasteiger charge is -2.26. The van der Waals surface area contributed by atoms with Crippen molar-refractivity contribution in [3.8, 4) is 11.5 Å². The fourth-order valence-corrected chi connectivity index (χ4v) is 5.71. The number of aromatic nitrogens is 2. The van der Waals surface area contributed by atoms with Gasteiger partial charge in [-0.3, -0.25) is 18.9 Å². The van der Waals surface area contributed by atoms with Crippen LogP contribution >= 0.6 is 24.0 Å². The molecule has 2 aromatic heterocycles. The van der Waals surface area contributed by atoms with Crippen LogP contribution in [0.1, 0.15) is 24.0 Å². The van der Waals surface area contributed by atoms with Gasteiger partial charge in [0.05, 0.1) is 17.0 Å². The van der Waals surface area contributed by atoms with E-state index in [1.807, 2.05) is 36.2 Å². The molecule has 0 radical (unpaired) electrons. The van der Waals surface area contributed by atoms with E-state index in [0.29, 0.717) is 44.4 Å². The van der Waals surface area contributed by atoms with Gasteiger partial charge in [0.15, 0.2) is 11.5 Å². The van der Waals surface area contributed by atoms with Gasteiger partial charge in [0.2, 0.25) is 6.79 Å². The first-order chi connectivity index (χ1) is 17.5. The third kappa shape index (κ3) is 4.02. The van der Waals surface area contributed by atoms with Crippen LogP contribution in [-0.4, -0.2) is 51.2 Å². The Morgan fingerprint density at radius 2 is 2.08 bits per heavy atom. The molecule has 0 N–H and O–H groups in total. The number of benzene rings is 1. The molecule has 36 heavy (non-hydrogen) atoms. The van der Waals surface area contributed by atoms with Crippen molar-refractivity contribution in [2.24, 2.45) is 0 Å². The van der Waals surface area contributed by atoms with Gasteiger partial charge in [-0.25, -0.2) is 4.98 Å². The van der Waals surface area contributed by atoms with E-state index in [0.717, 1.165) is 18.4 Å². The number of fused-ring (bicyclic) bond motifs is 2. The minimum absolute atomic E-state index is 0.181. The molecule has 1 atom stereocenters. The summed E-state index contributed by atoms with van der Waals surface area (Å²) in [6.45, 7) is 1.13. The molecule has 3 aliphatic heterocycles. The van der Waals surface area contributed by atoms with Gasteiger partial charge >= 0.3 is 0 Å². The molecular weight excluding hydrogens is 500 g/mol. The zero-order chi connectivity index (χ0) is 24.8. The highest BCUT2D eigenvalue weighted by Crippen LogP contribution is 2.37. The molecule has 3 aromatic rings. The van der Waals surface area contributed by atoms with Crippen molar-refractivity contribution in [3.05, 3.63) is 69.0 Å². The Bertz CT molecular complexity index is 1480. The maximum absolute atomic E-state index is 13.5. The average Bonchev–Trinajstić information content (AvgIpc) is 3.63. The molecule has 6 rings (SSSR count). The van der Waals surface area contributed by atoms with Crippen molar-refractivity contribution in [1.29, 1.82) is 0 Å². The van der Waals surface area contributed by atoms with E-state index in [1.54, 1.807) is 24.4 Å². The molecule has 0 saturated carbocycles. The zero-order valence-corrected chi connectivity index (χ0v) is 21.0. The predicted molar refractivity (Wildman–Crippen MR) is 140 cm³/mol. The highest BCUT2D eigenvalue weighted by molar-refractivity contribution is 8.26. The Morgan fingerprint density at radius 1 is 1.22 bits per heavy atom. The Morgan fingerprint density at radius 3 is 2.92 bits per heavy atom. The number of thioether (sulfide) groups is 1. The van der Waals surface area contributed by atoms with Crippen LogP contribution in [0, 0.1) is 0 Å². The lowest BCUT2D eigenvalue weighted by Crippen LogP contribution is -2.34. The van der Waals surface area contributed by atoms with E-state index < -0.39 is 0 Å².